The minimum absolute atomic E-state index is 0.637. The average Bonchev–Trinajstić information content (AvgIpc) is 1.63. The van der Waals surface area contributed by atoms with Crippen LogP contribution >= 0.6 is 0 Å². The zero-order chi connectivity index (χ0) is 70.2. The fourth-order valence-corrected chi connectivity index (χ4v) is 22.7. The highest BCUT2D eigenvalue weighted by Crippen LogP contribution is 2.59. The molecule has 0 heterocycles. The highest BCUT2D eigenvalue weighted by molar-refractivity contribution is 5.00. The molecule has 15 aliphatic carbocycles. The standard InChI is InChI=1S/C10H18.2C9H16.4C9H18.C8H14.2C8H16.C7H14/c1-7-8-4-5-9(6-8)10(7,2)3;1-7-5-8-3-4-9(7,2)6-8;1-6-7(2)9-4-3-8(6)5-9;1-8-4-6-9(2,3)7-5-8;1-8-6-4-5-7-9(8,2)3;1-7-5-4-6-8(2)9(7)3;1-3-9(2)7-5-4-6-8-9;1-6-4-7-2-3-8(6)5-7;1-7-5-3-4-6-8(7)2;1-2-8-6-4-3-5-7-8;1-2-7-5-3-4-6-7/h7-9H,4-6H2,1-3H3;7-8H,3-6H2,1-2H3;6-9H,3-5H2,1-2H3;2*8H,4-7H2,1-3H3;7-9H,4-6H2,1-3H3;3-8H2,1-2H3;6-8H,2-5H2,1H3;7-8H,3-6H2,1-2H3;8H,2-7H2,1H3;7H,2-6H2,1H3/t2*7-,8?,9?;6-,7?,8?,9?;;8-;;;6-,7?,8?;7-,8?;;/m100.1..01../s1. The van der Waals surface area contributed by atoms with Gasteiger partial charge in [-0.15, -0.1) is 0 Å². The molecule has 0 radical (unpaired) electrons. The minimum atomic E-state index is 0.637. The SMILES string of the molecule is CC1C2CCC(C2)[C@H]1C.CC1CCC(C)(C)CC1.CC1CCCC(C)C1C.CC1CCCC[C@H]1C.CCC1(C)CCCCC1.CCC1CCCC1.CCC1CCCCC1.C[C@@H]1C2CCC(C2)C1(C)C.C[C@@H]1CCCCC1(C)C.C[C@H]1CC2CCC1(C)C2.C[C@H]1CC2CCC1C2. The normalized spacial score (nSPS) is 40.2. The molecule has 0 N–H and O–H groups in total. The quantitative estimate of drug-likeness (QED) is 0.264. The van der Waals surface area contributed by atoms with Crippen LogP contribution in [0.2, 0.25) is 0 Å². The summed E-state index contributed by atoms with van der Waals surface area (Å²) in [6.45, 7) is 55.2. The van der Waals surface area contributed by atoms with E-state index >= 15 is 0 Å². The van der Waals surface area contributed by atoms with Crippen molar-refractivity contribution in [3.8, 4) is 0 Å². The van der Waals surface area contributed by atoms with Crippen LogP contribution < -0.4 is 0 Å². The van der Waals surface area contributed by atoms with Crippen molar-refractivity contribution in [2.45, 2.75) is 455 Å². The Labute approximate surface area is 602 Å². The van der Waals surface area contributed by atoms with Crippen LogP contribution in [-0.4, -0.2) is 0 Å². The van der Waals surface area contributed by atoms with Gasteiger partial charge in [0.05, 0.1) is 0 Å². The van der Waals surface area contributed by atoms with Gasteiger partial charge < -0.3 is 0 Å². The third kappa shape index (κ3) is 28.5. The van der Waals surface area contributed by atoms with Gasteiger partial charge in [0.2, 0.25) is 0 Å². The number of hydrogen-bond donors (Lipinski definition) is 0. The van der Waals surface area contributed by atoms with Crippen molar-refractivity contribution in [3.63, 3.8) is 0 Å². The van der Waals surface area contributed by atoms with E-state index in [2.05, 4.69) is 159 Å². The molecule has 0 aliphatic heterocycles. The average molecular weight is 1320 g/mol. The third-order valence-corrected chi connectivity index (χ3v) is 33.7. The fraction of sp³-hybridized carbons (Fsp3) is 1.00. The van der Waals surface area contributed by atoms with Gasteiger partial charge in [-0.25, -0.2) is 0 Å². The predicted molar refractivity (Wildman–Crippen MR) is 428 cm³/mol. The second-order valence-corrected chi connectivity index (χ2v) is 41.6. The van der Waals surface area contributed by atoms with Crippen LogP contribution in [-0.2, 0) is 0 Å². The van der Waals surface area contributed by atoms with Crippen molar-refractivity contribution in [2.24, 2.45) is 151 Å². The van der Waals surface area contributed by atoms with Crippen molar-refractivity contribution in [3.05, 3.63) is 0 Å². The van der Waals surface area contributed by atoms with Gasteiger partial charge >= 0.3 is 0 Å². The summed E-state index contributed by atoms with van der Waals surface area (Å²) in [6, 6.07) is 0. The first kappa shape index (κ1) is 85.6. The summed E-state index contributed by atoms with van der Waals surface area (Å²) >= 11 is 0. The first-order chi connectivity index (χ1) is 44.9. The molecular weight excluding hydrogens is 1140 g/mol. The zero-order valence-electron chi connectivity index (χ0n) is 70.2. The Kier molecular flexibility index (Phi) is 37.9. The van der Waals surface area contributed by atoms with Gasteiger partial charge in [-0.3, -0.25) is 0 Å². The smallest absolute Gasteiger partial charge is 0.0297 e. The second kappa shape index (κ2) is 42.1. The maximum atomic E-state index is 2.48. The lowest BCUT2D eigenvalue weighted by Gasteiger charge is -2.36. The van der Waals surface area contributed by atoms with Crippen LogP contribution in [0.3, 0.4) is 0 Å². The Hall–Kier alpha value is 0. The molecule has 95 heavy (non-hydrogen) atoms. The summed E-state index contributed by atoms with van der Waals surface area (Å²) in [5.74, 6) is 22.0. The molecule has 0 aromatic heterocycles. The van der Waals surface area contributed by atoms with Gasteiger partial charge in [-0.1, -0.05) is 339 Å². The monoisotopic (exact) mass is 1320 g/mol. The summed E-state index contributed by atoms with van der Waals surface area (Å²) in [5, 5.41) is 0. The van der Waals surface area contributed by atoms with Gasteiger partial charge in [0.1, 0.15) is 0 Å². The summed E-state index contributed by atoms with van der Waals surface area (Å²) < 4.78 is 0. The third-order valence-electron chi connectivity index (χ3n) is 33.7. The molecule has 0 spiro atoms. The zero-order valence-corrected chi connectivity index (χ0v) is 70.2. The molecule has 0 heteroatoms. The molecule has 0 aromatic rings. The number of rotatable bonds is 3. The second-order valence-electron chi connectivity index (χ2n) is 41.6. The van der Waals surface area contributed by atoms with Crippen LogP contribution in [0.4, 0.5) is 0 Å². The highest BCUT2D eigenvalue weighted by atomic mass is 14.6. The lowest BCUT2D eigenvalue weighted by Crippen LogP contribution is -2.28. The van der Waals surface area contributed by atoms with E-state index in [4.69, 9.17) is 0 Å². The molecule has 15 fully saturated rings. The molecule has 15 aliphatic rings. The van der Waals surface area contributed by atoms with Crippen LogP contribution in [0, 0.1) is 151 Å². The molecule has 0 saturated heterocycles. The maximum Gasteiger partial charge on any atom is -0.0297 e. The van der Waals surface area contributed by atoms with E-state index in [1.807, 2.05) is 0 Å². The van der Waals surface area contributed by atoms with E-state index in [-0.39, 0.29) is 0 Å². The Morgan fingerprint density at radius 1 is 0.305 bits per heavy atom. The first-order valence-electron chi connectivity index (χ1n) is 44.9. The summed E-state index contributed by atoms with van der Waals surface area (Å²) in [5.41, 5.74) is 3.45. The topological polar surface area (TPSA) is 0 Å². The van der Waals surface area contributed by atoms with E-state index < -0.39 is 0 Å². The van der Waals surface area contributed by atoms with Crippen molar-refractivity contribution in [1.82, 2.24) is 0 Å². The summed E-state index contributed by atoms with van der Waals surface area (Å²) in [6.07, 6.45) is 68.5. The van der Waals surface area contributed by atoms with Crippen molar-refractivity contribution in [1.29, 1.82) is 0 Å². The fourth-order valence-electron chi connectivity index (χ4n) is 22.7. The van der Waals surface area contributed by atoms with Gasteiger partial charge in [0, 0.05) is 0 Å². The molecule has 562 valence electrons. The Morgan fingerprint density at radius 2 is 0.779 bits per heavy atom. The Bertz CT molecular complexity index is 1880. The van der Waals surface area contributed by atoms with E-state index in [1.54, 1.807) is 32.1 Å². The number of hydrogen-bond acceptors (Lipinski definition) is 0. The Morgan fingerprint density at radius 3 is 1.06 bits per heavy atom. The van der Waals surface area contributed by atoms with Crippen LogP contribution in [0.5, 0.6) is 0 Å². The van der Waals surface area contributed by atoms with E-state index in [0.29, 0.717) is 16.2 Å². The van der Waals surface area contributed by atoms with E-state index in [9.17, 15) is 0 Å². The van der Waals surface area contributed by atoms with Crippen molar-refractivity contribution in [2.75, 3.05) is 0 Å². The molecular formula is C95H182. The van der Waals surface area contributed by atoms with E-state index in [0.717, 1.165) is 135 Å². The van der Waals surface area contributed by atoms with Crippen LogP contribution in [0.1, 0.15) is 455 Å². The largest absolute Gasteiger partial charge is 0.0651 e. The van der Waals surface area contributed by atoms with Gasteiger partial charge in [0.15, 0.2) is 0 Å². The summed E-state index contributed by atoms with van der Waals surface area (Å²) in [4.78, 5) is 0. The molecule has 15 saturated carbocycles. The summed E-state index contributed by atoms with van der Waals surface area (Å²) in [7, 11) is 0. The molecule has 0 nitrogen and oxygen atoms in total. The highest BCUT2D eigenvalue weighted by Gasteiger charge is 2.50. The van der Waals surface area contributed by atoms with E-state index in [1.165, 1.54) is 263 Å². The lowest BCUT2D eigenvalue weighted by atomic mass is 9.70. The minimum Gasteiger partial charge on any atom is -0.0651 e. The lowest BCUT2D eigenvalue weighted by molar-refractivity contribution is 0.137. The predicted octanol–water partition coefficient (Wildman–Crippen LogP) is 32.3. The van der Waals surface area contributed by atoms with Gasteiger partial charge in [0.25, 0.3) is 0 Å². The van der Waals surface area contributed by atoms with Crippen LogP contribution in [0.15, 0.2) is 0 Å². The Balaban J connectivity index is 0.000000189. The molecule has 18 atom stereocenters. The molecule has 8 bridgehead atoms. The molecule has 15 rings (SSSR count). The first-order valence-corrected chi connectivity index (χ1v) is 44.9. The van der Waals surface area contributed by atoms with Gasteiger partial charge in [-0.2, -0.15) is 0 Å². The van der Waals surface area contributed by atoms with Crippen LogP contribution in [0.25, 0.3) is 0 Å². The number of fused-ring (bicyclic) bond motifs is 8. The van der Waals surface area contributed by atoms with Gasteiger partial charge in [-0.05, 0) is 267 Å². The molecule has 12 unspecified atom stereocenters. The molecule has 0 aromatic carbocycles. The van der Waals surface area contributed by atoms with Crippen molar-refractivity contribution >= 4 is 0 Å². The molecule has 0 amide bonds. The van der Waals surface area contributed by atoms with Crippen molar-refractivity contribution < 1.29 is 0 Å². The maximum absolute atomic E-state index is 2.48.